The molecular formula is C14H14ClF2N3. The van der Waals surface area contributed by atoms with E-state index in [1.807, 2.05) is 0 Å². The summed E-state index contributed by atoms with van der Waals surface area (Å²) in [6.07, 6.45) is 0. The molecule has 0 aliphatic carbocycles. The summed E-state index contributed by atoms with van der Waals surface area (Å²) in [5, 5.41) is -0.219. The molecule has 0 amide bonds. The number of hydrogen-bond donors (Lipinski definition) is 2. The minimum atomic E-state index is -0.755. The van der Waals surface area contributed by atoms with Gasteiger partial charge in [0.05, 0.1) is 17.1 Å². The van der Waals surface area contributed by atoms with Crippen LogP contribution in [0.3, 0.4) is 0 Å². The maximum absolute atomic E-state index is 14.3. The lowest BCUT2D eigenvalue weighted by molar-refractivity contribution is 0.615. The van der Waals surface area contributed by atoms with Crippen molar-refractivity contribution in [2.24, 2.45) is 0 Å². The SMILES string of the molecule is CCN(c1ccccc1F)c1c(N)cc(N)c(Cl)c1F. The van der Waals surface area contributed by atoms with Crippen molar-refractivity contribution in [3.05, 3.63) is 47.0 Å². The number of halogens is 3. The van der Waals surface area contributed by atoms with Crippen LogP contribution in [0.4, 0.5) is 31.5 Å². The maximum Gasteiger partial charge on any atom is 0.169 e. The van der Waals surface area contributed by atoms with E-state index in [9.17, 15) is 8.78 Å². The first-order chi connectivity index (χ1) is 9.47. The van der Waals surface area contributed by atoms with E-state index in [4.69, 9.17) is 23.1 Å². The van der Waals surface area contributed by atoms with E-state index in [0.29, 0.717) is 6.54 Å². The van der Waals surface area contributed by atoms with Crippen LogP contribution in [-0.4, -0.2) is 6.54 Å². The zero-order valence-corrected chi connectivity index (χ0v) is 11.6. The fourth-order valence-corrected chi connectivity index (χ4v) is 2.19. The van der Waals surface area contributed by atoms with Crippen molar-refractivity contribution in [1.82, 2.24) is 0 Å². The summed E-state index contributed by atoms with van der Waals surface area (Å²) >= 11 is 5.81. The average Bonchev–Trinajstić information content (AvgIpc) is 2.42. The van der Waals surface area contributed by atoms with Crippen LogP contribution in [0.2, 0.25) is 5.02 Å². The van der Waals surface area contributed by atoms with Crippen LogP contribution in [0.25, 0.3) is 0 Å². The second kappa shape index (κ2) is 5.54. The van der Waals surface area contributed by atoms with Gasteiger partial charge in [0.1, 0.15) is 16.5 Å². The molecule has 0 heterocycles. The molecule has 2 rings (SSSR count). The van der Waals surface area contributed by atoms with Crippen molar-refractivity contribution in [2.45, 2.75) is 6.92 Å². The fraction of sp³-hybridized carbons (Fsp3) is 0.143. The van der Waals surface area contributed by atoms with Gasteiger partial charge in [-0.3, -0.25) is 0 Å². The molecule has 0 saturated heterocycles. The molecule has 2 aromatic carbocycles. The highest BCUT2D eigenvalue weighted by molar-refractivity contribution is 6.33. The summed E-state index contributed by atoms with van der Waals surface area (Å²) in [6.45, 7) is 2.08. The van der Waals surface area contributed by atoms with Crippen molar-refractivity contribution < 1.29 is 8.78 Å². The Balaban J connectivity index is 2.65. The monoisotopic (exact) mass is 297 g/mol. The number of nitrogen functional groups attached to an aromatic ring is 2. The lowest BCUT2D eigenvalue weighted by Crippen LogP contribution is -2.20. The van der Waals surface area contributed by atoms with Crippen molar-refractivity contribution in [3.63, 3.8) is 0 Å². The van der Waals surface area contributed by atoms with Gasteiger partial charge in [-0.15, -0.1) is 0 Å². The first-order valence-electron chi connectivity index (χ1n) is 6.02. The number of anilines is 4. The Bertz CT molecular complexity index is 647. The fourth-order valence-electron chi connectivity index (χ4n) is 2.05. The van der Waals surface area contributed by atoms with Crippen LogP contribution >= 0.6 is 11.6 Å². The number of para-hydroxylation sites is 1. The Kier molecular flexibility index (Phi) is 3.99. The Hall–Kier alpha value is -2.01. The van der Waals surface area contributed by atoms with Gasteiger partial charge in [0.25, 0.3) is 0 Å². The molecule has 20 heavy (non-hydrogen) atoms. The van der Waals surface area contributed by atoms with Gasteiger partial charge in [0.2, 0.25) is 0 Å². The quantitative estimate of drug-likeness (QED) is 0.844. The molecule has 2 aromatic rings. The zero-order chi connectivity index (χ0) is 14.9. The van der Waals surface area contributed by atoms with E-state index in [-0.39, 0.29) is 27.8 Å². The van der Waals surface area contributed by atoms with Gasteiger partial charge in [-0.1, -0.05) is 23.7 Å². The van der Waals surface area contributed by atoms with E-state index in [1.165, 1.54) is 17.0 Å². The number of nitrogens with two attached hydrogens (primary N) is 2. The van der Waals surface area contributed by atoms with Crippen LogP contribution in [-0.2, 0) is 0 Å². The van der Waals surface area contributed by atoms with Crippen LogP contribution < -0.4 is 16.4 Å². The summed E-state index contributed by atoms with van der Waals surface area (Å²) in [6, 6.07) is 7.42. The Labute approximate surface area is 120 Å². The summed E-state index contributed by atoms with van der Waals surface area (Å²) in [7, 11) is 0. The van der Waals surface area contributed by atoms with E-state index in [1.54, 1.807) is 25.1 Å². The molecule has 0 aliphatic heterocycles. The van der Waals surface area contributed by atoms with Gasteiger partial charge in [0.15, 0.2) is 5.82 Å². The van der Waals surface area contributed by atoms with Crippen LogP contribution in [0.5, 0.6) is 0 Å². The number of nitrogens with zero attached hydrogens (tertiary/aromatic N) is 1. The molecule has 0 radical (unpaired) electrons. The van der Waals surface area contributed by atoms with Crippen LogP contribution in [0.15, 0.2) is 30.3 Å². The standard InChI is InChI=1S/C14H14ClF2N3/c1-2-20(11-6-4-3-5-8(11)16)14-10(19)7-9(18)12(15)13(14)17/h3-7H,2,18-19H2,1H3. The van der Waals surface area contributed by atoms with E-state index in [2.05, 4.69) is 0 Å². The molecule has 0 aliphatic rings. The first-order valence-corrected chi connectivity index (χ1v) is 6.40. The average molecular weight is 298 g/mol. The van der Waals surface area contributed by atoms with Gasteiger partial charge < -0.3 is 16.4 Å². The predicted octanol–water partition coefficient (Wildman–Crippen LogP) is 3.94. The molecular weight excluding hydrogens is 284 g/mol. The number of rotatable bonds is 3. The van der Waals surface area contributed by atoms with Gasteiger partial charge in [-0.2, -0.15) is 0 Å². The number of benzene rings is 2. The molecule has 0 bridgehead atoms. The second-order valence-corrected chi connectivity index (χ2v) is 4.61. The molecule has 0 saturated carbocycles. The van der Waals surface area contributed by atoms with E-state index < -0.39 is 11.6 Å². The Morgan fingerprint density at radius 1 is 1.15 bits per heavy atom. The van der Waals surface area contributed by atoms with Gasteiger partial charge in [-0.25, -0.2) is 8.78 Å². The largest absolute Gasteiger partial charge is 0.397 e. The molecule has 106 valence electrons. The van der Waals surface area contributed by atoms with Gasteiger partial charge >= 0.3 is 0 Å². The smallest absolute Gasteiger partial charge is 0.169 e. The molecule has 3 nitrogen and oxygen atoms in total. The predicted molar refractivity (Wildman–Crippen MR) is 79.3 cm³/mol. The third-order valence-corrected chi connectivity index (χ3v) is 3.35. The van der Waals surface area contributed by atoms with Crippen molar-refractivity contribution in [2.75, 3.05) is 22.9 Å². The highest BCUT2D eigenvalue weighted by Gasteiger charge is 2.21. The zero-order valence-electron chi connectivity index (χ0n) is 10.8. The molecule has 0 aromatic heterocycles. The highest BCUT2D eigenvalue weighted by Crippen LogP contribution is 2.39. The normalized spacial score (nSPS) is 10.6. The van der Waals surface area contributed by atoms with Crippen molar-refractivity contribution in [1.29, 1.82) is 0 Å². The third kappa shape index (κ3) is 2.36. The molecule has 4 N–H and O–H groups in total. The highest BCUT2D eigenvalue weighted by atomic mass is 35.5. The molecule has 0 atom stereocenters. The van der Waals surface area contributed by atoms with Gasteiger partial charge in [-0.05, 0) is 25.1 Å². The minimum absolute atomic E-state index is 0.0248. The summed E-state index contributed by atoms with van der Waals surface area (Å²) in [4.78, 5) is 1.42. The minimum Gasteiger partial charge on any atom is -0.397 e. The third-order valence-electron chi connectivity index (χ3n) is 2.97. The molecule has 0 fully saturated rings. The molecule has 6 heteroatoms. The summed E-state index contributed by atoms with van der Waals surface area (Å²) in [5.41, 5.74) is 11.8. The van der Waals surface area contributed by atoms with E-state index >= 15 is 0 Å². The molecule has 0 unspecified atom stereocenters. The van der Waals surface area contributed by atoms with E-state index in [0.717, 1.165) is 0 Å². The Morgan fingerprint density at radius 2 is 1.80 bits per heavy atom. The lowest BCUT2D eigenvalue weighted by Gasteiger charge is -2.26. The topological polar surface area (TPSA) is 55.3 Å². The van der Waals surface area contributed by atoms with Crippen molar-refractivity contribution >= 4 is 34.4 Å². The molecule has 0 spiro atoms. The maximum atomic E-state index is 14.3. The summed E-state index contributed by atoms with van der Waals surface area (Å²) < 4.78 is 28.2. The van der Waals surface area contributed by atoms with Crippen molar-refractivity contribution in [3.8, 4) is 0 Å². The summed E-state index contributed by atoms with van der Waals surface area (Å²) in [5.74, 6) is -1.23. The Morgan fingerprint density at radius 3 is 2.40 bits per heavy atom. The number of hydrogen-bond acceptors (Lipinski definition) is 3. The second-order valence-electron chi connectivity index (χ2n) is 4.23. The van der Waals surface area contributed by atoms with Gasteiger partial charge in [0, 0.05) is 6.54 Å². The van der Waals surface area contributed by atoms with Crippen LogP contribution in [0, 0.1) is 11.6 Å². The lowest BCUT2D eigenvalue weighted by atomic mass is 10.1. The first kappa shape index (κ1) is 14.4. The van der Waals surface area contributed by atoms with Crippen LogP contribution in [0.1, 0.15) is 6.92 Å².